The molecule has 1 N–H and O–H groups in total. The first-order valence-corrected chi connectivity index (χ1v) is 10.1. The maximum absolute atomic E-state index is 5.71. The monoisotopic (exact) mass is 325 g/mol. The van der Waals surface area contributed by atoms with E-state index >= 15 is 0 Å². The molecule has 3 nitrogen and oxygen atoms in total. The second kappa shape index (κ2) is 7.16. The Morgan fingerprint density at radius 1 is 1.14 bits per heavy atom. The molecule has 1 heterocycles. The molecule has 0 saturated heterocycles. The number of thioether (sulfide) groups is 2. The minimum atomic E-state index is 0.642. The average Bonchev–Trinajstić information content (AvgIpc) is 2.99. The lowest BCUT2D eigenvalue weighted by Crippen LogP contribution is -2.33. The van der Waals surface area contributed by atoms with Crippen molar-refractivity contribution < 1.29 is 9.47 Å². The van der Waals surface area contributed by atoms with Crippen LogP contribution >= 0.6 is 23.5 Å². The number of hydrogen-bond acceptors (Lipinski definition) is 5. The number of benzene rings is 1. The van der Waals surface area contributed by atoms with E-state index in [1.807, 2.05) is 11.8 Å². The van der Waals surface area contributed by atoms with Crippen LogP contribution in [0.5, 0.6) is 11.5 Å². The zero-order valence-electron chi connectivity index (χ0n) is 12.7. The minimum absolute atomic E-state index is 0.642. The molecule has 2 atom stereocenters. The van der Waals surface area contributed by atoms with Crippen molar-refractivity contribution in [3.63, 3.8) is 0 Å². The summed E-state index contributed by atoms with van der Waals surface area (Å²) in [6.07, 6.45) is 8.33. The number of rotatable bonds is 5. The van der Waals surface area contributed by atoms with Crippen LogP contribution in [-0.4, -0.2) is 37.0 Å². The Bertz CT molecular complexity index is 495. The molecule has 0 aromatic heterocycles. The van der Waals surface area contributed by atoms with Crippen LogP contribution in [0.3, 0.4) is 0 Å². The first-order valence-electron chi connectivity index (χ1n) is 7.54. The Hall–Kier alpha value is -0.520. The number of ether oxygens (including phenoxy) is 2. The Kier molecular flexibility index (Phi) is 5.24. The van der Waals surface area contributed by atoms with E-state index in [0.717, 1.165) is 23.3 Å². The van der Waals surface area contributed by atoms with Gasteiger partial charge in [-0.05, 0) is 43.0 Å². The lowest BCUT2D eigenvalue weighted by atomic mass is 10.1. The molecule has 1 saturated carbocycles. The Morgan fingerprint density at radius 2 is 1.90 bits per heavy atom. The molecule has 1 aromatic carbocycles. The molecule has 5 heteroatoms. The van der Waals surface area contributed by atoms with Crippen molar-refractivity contribution in [3.8, 4) is 11.5 Å². The normalized spacial score (nSPS) is 24.3. The van der Waals surface area contributed by atoms with Crippen LogP contribution in [0, 0.1) is 0 Å². The molecule has 1 aliphatic carbocycles. The molecule has 0 bridgehead atoms. The summed E-state index contributed by atoms with van der Waals surface area (Å²) in [4.78, 5) is 1.28. The summed E-state index contributed by atoms with van der Waals surface area (Å²) in [5.74, 6) is 1.78. The van der Waals surface area contributed by atoms with Crippen LogP contribution in [0.4, 0.5) is 0 Å². The van der Waals surface area contributed by atoms with E-state index < -0.39 is 0 Å². The van der Waals surface area contributed by atoms with E-state index in [2.05, 4.69) is 30.0 Å². The third-order valence-electron chi connectivity index (χ3n) is 4.26. The summed E-state index contributed by atoms with van der Waals surface area (Å²) in [6.45, 7) is 2.21. The van der Waals surface area contributed by atoms with Gasteiger partial charge >= 0.3 is 0 Å². The molecule has 116 valence electrons. The highest BCUT2D eigenvalue weighted by Gasteiger charge is 2.26. The SMILES string of the molecule is CSc1cc2c(cc1CNC1CCCC1SC)OCCO2. The van der Waals surface area contributed by atoms with Gasteiger partial charge in [0.25, 0.3) is 0 Å². The number of fused-ring (bicyclic) bond motifs is 1. The highest BCUT2D eigenvalue weighted by Crippen LogP contribution is 2.37. The van der Waals surface area contributed by atoms with Crippen LogP contribution < -0.4 is 14.8 Å². The van der Waals surface area contributed by atoms with Gasteiger partial charge in [-0.15, -0.1) is 11.8 Å². The molecule has 1 aromatic rings. The fourth-order valence-electron chi connectivity index (χ4n) is 3.12. The zero-order valence-corrected chi connectivity index (χ0v) is 14.3. The van der Waals surface area contributed by atoms with Crippen molar-refractivity contribution in [1.29, 1.82) is 0 Å². The first-order chi connectivity index (χ1) is 10.3. The highest BCUT2D eigenvalue weighted by molar-refractivity contribution is 7.99. The molecule has 1 aliphatic heterocycles. The molecule has 2 unspecified atom stereocenters. The molecular weight excluding hydrogens is 302 g/mol. The molecule has 1 fully saturated rings. The van der Waals surface area contributed by atoms with Crippen LogP contribution in [0.15, 0.2) is 17.0 Å². The Labute approximate surface area is 135 Å². The molecule has 21 heavy (non-hydrogen) atoms. The number of hydrogen-bond donors (Lipinski definition) is 1. The fourth-order valence-corrected chi connectivity index (χ4v) is 4.70. The van der Waals surface area contributed by atoms with Gasteiger partial charge in [-0.3, -0.25) is 0 Å². The lowest BCUT2D eigenvalue weighted by Gasteiger charge is -2.23. The van der Waals surface area contributed by atoms with Crippen LogP contribution in [0.2, 0.25) is 0 Å². The summed E-state index contributed by atoms with van der Waals surface area (Å²) in [6, 6.07) is 4.91. The van der Waals surface area contributed by atoms with E-state index in [1.165, 1.54) is 29.7 Å². The van der Waals surface area contributed by atoms with E-state index in [9.17, 15) is 0 Å². The van der Waals surface area contributed by atoms with Gasteiger partial charge in [0.1, 0.15) is 13.2 Å². The minimum Gasteiger partial charge on any atom is -0.486 e. The second-order valence-electron chi connectivity index (χ2n) is 5.50. The van der Waals surface area contributed by atoms with Gasteiger partial charge < -0.3 is 14.8 Å². The predicted molar refractivity (Wildman–Crippen MR) is 91.0 cm³/mol. The topological polar surface area (TPSA) is 30.5 Å². The van der Waals surface area contributed by atoms with Crippen molar-refractivity contribution in [3.05, 3.63) is 17.7 Å². The van der Waals surface area contributed by atoms with Gasteiger partial charge in [0.05, 0.1) is 0 Å². The van der Waals surface area contributed by atoms with Gasteiger partial charge in [0, 0.05) is 22.7 Å². The molecular formula is C16H23NO2S2. The van der Waals surface area contributed by atoms with E-state index in [4.69, 9.17) is 9.47 Å². The van der Waals surface area contributed by atoms with Crippen molar-refractivity contribution in [2.75, 3.05) is 25.7 Å². The van der Waals surface area contributed by atoms with Crippen LogP contribution in [0.1, 0.15) is 24.8 Å². The Balaban J connectivity index is 1.72. The van der Waals surface area contributed by atoms with Crippen molar-refractivity contribution in [2.45, 2.75) is 42.0 Å². The second-order valence-corrected chi connectivity index (χ2v) is 7.43. The summed E-state index contributed by atoms with van der Waals surface area (Å²) >= 11 is 3.77. The maximum Gasteiger partial charge on any atom is 0.162 e. The van der Waals surface area contributed by atoms with Gasteiger partial charge in [-0.2, -0.15) is 11.8 Å². The molecule has 0 radical (unpaired) electrons. The molecule has 3 rings (SSSR count). The van der Waals surface area contributed by atoms with Crippen molar-refractivity contribution in [2.24, 2.45) is 0 Å². The highest BCUT2D eigenvalue weighted by atomic mass is 32.2. The summed E-state index contributed by atoms with van der Waals surface area (Å²) < 4.78 is 11.4. The van der Waals surface area contributed by atoms with E-state index in [1.54, 1.807) is 11.8 Å². The third kappa shape index (κ3) is 3.46. The van der Waals surface area contributed by atoms with Crippen LogP contribution in [-0.2, 0) is 6.54 Å². The fraction of sp³-hybridized carbons (Fsp3) is 0.625. The predicted octanol–water partition coefficient (Wildman–Crippen LogP) is 3.55. The van der Waals surface area contributed by atoms with Gasteiger partial charge in [0.15, 0.2) is 11.5 Å². The van der Waals surface area contributed by atoms with Crippen LogP contribution in [0.25, 0.3) is 0 Å². The smallest absolute Gasteiger partial charge is 0.162 e. The third-order valence-corrected chi connectivity index (χ3v) is 6.24. The number of nitrogens with one attached hydrogen (secondary N) is 1. The average molecular weight is 325 g/mol. The standard InChI is InChI=1S/C16H23NO2S2/c1-20-15-5-3-4-12(15)17-10-11-8-13-14(9-16(11)21-2)19-7-6-18-13/h8-9,12,15,17H,3-7,10H2,1-2H3. The van der Waals surface area contributed by atoms with E-state index in [-0.39, 0.29) is 0 Å². The van der Waals surface area contributed by atoms with E-state index in [0.29, 0.717) is 19.3 Å². The molecule has 2 aliphatic rings. The summed E-state index contributed by atoms with van der Waals surface area (Å²) in [5, 5.41) is 4.51. The van der Waals surface area contributed by atoms with Gasteiger partial charge in [0.2, 0.25) is 0 Å². The van der Waals surface area contributed by atoms with Crippen molar-refractivity contribution in [1.82, 2.24) is 5.32 Å². The quantitative estimate of drug-likeness (QED) is 0.837. The zero-order chi connectivity index (χ0) is 14.7. The maximum atomic E-state index is 5.71. The summed E-state index contributed by atoms with van der Waals surface area (Å²) in [5.41, 5.74) is 1.32. The van der Waals surface area contributed by atoms with Gasteiger partial charge in [-0.25, -0.2) is 0 Å². The molecule has 0 amide bonds. The van der Waals surface area contributed by atoms with Crippen molar-refractivity contribution >= 4 is 23.5 Å². The first kappa shape index (κ1) is 15.4. The van der Waals surface area contributed by atoms with Gasteiger partial charge in [-0.1, -0.05) is 6.42 Å². The Morgan fingerprint density at radius 3 is 2.62 bits per heavy atom. The largest absolute Gasteiger partial charge is 0.486 e. The lowest BCUT2D eigenvalue weighted by molar-refractivity contribution is 0.171. The summed E-state index contributed by atoms with van der Waals surface area (Å²) in [7, 11) is 0. The molecule has 0 spiro atoms.